The molecule has 1 aromatic carbocycles. The highest BCUT2D eigenvalue weighted by Gasteiger charge is 2.24. The Hall–Kier alpha value is -0.490. The van der Waals surface area contributed by atoms with E-state index in [2.05, 4.69) is 4.90 Å². The fraction of sp³-hybridized carbons (Fsp3) is 0.500. The van der Waals surface area contributed by atoms with Gasteiger partial charge in [0.1, 0.15) is 0 Å². The summed E-state index contributed by atoms with van der Waals surface area (Å²) >= 11 is 12.1. The molecular weight excluding hydrogens is 307 g/mol. The third-order valence-corrected chi connectivity index (χ3v) is 5.20. The van der Waals surface area contributed by atoms with E-state index in [1.807, 2.05) is 18.2 Å². The van der Waals surface area contributed by atoms with E-state index in [4.69, 9.17) is 23.2 Å². The lowest BCUT2D eigenvalue weighted by atomic mass is 10.1. The highest BCUT2D eigenvalue weighted by molar-refractivity contribution is 7.88. The quantitative estimate of drug-likeness (QED) is 0.801. The van der Waals surface area contributed by atoms with Crippen molar-refractivity contribution in [2.45, 2.75) is 5.88 Å². The van der Waals surface area contributed by atoms with Crippen LogP contribution < -0.4 is 4.90 Å². The number of alkyl halides is 1. The van der Waals surface area contributed by atoms with Crippen LogP contribution in [-0.2, 0) is 15.9 Å². The lowest BCUT2D eigenvalue weighted by Gasteiger charge is -2.35. The van der Waals surface area contributed by atoms with E-state index in [0.717, 1.165) is 11.3 Å². The molecule has 7 heteroatoms. The van der Waals surface area contributed by atoms with Gasteiger partial charge in [-0.3, -0.25) is 0 Å². The Balaban J connectivity index is 2.16. The first-order chi connectivity index (χ1) is 8.93. The molecule has 106 valence electrons. The fourth-order valence-electron chi connectivity index (χ4n) is 2.24. The van der Waals surface area contributed by atoms with Crippen molar-refractivity contribution in [3.63, 3.8) is 0 Å². The lowest BCUT2D eigenvalue weighted by Crippen LogP contribution is -2.48. The van der Waals surface area contributed by atoms with E-state index in [9.17, 15) is 8.42 Å². The maximum Gasteiger partial charge on any atom is 0.211 e. The molecule has 0 unspecified atom stereocenters. The van der Waals surface area contributed by atoms with Gasteiger partial charge in [0.25, 0.3) is 0 Å². The Morgan fingerprint density at radius 3 is 2.37 bits per heavy atom. The summed E-state index contributed by atoms with van der Waals surface area (Å²) in [5, 5.41) is 0.651. The van der Waals surface area contributed by atoms with Crippen LogP contribution in [-0.4, -0.2) is 45.2 Å². The summed E-state index contributed by atoms with van der Waals surface area (Å²) in [6.45, 7) is 2.29. The van der Waals surface area contributed by atoms with E-state index in [1.54, 1.807) is 0 Å². The Labute approximate surface area is 124 Å². The molecule has 0 spiro atoms. The molecule has 2 rings (SSSR count). The summed E-state index contributed by atoms with van der Waals surface area (Å²) in [4.78, 5) is 2.13. The van der Waals surface area contributed by atoms with Crippen LogP contribution in [0.15, 0.2) is 18.2 Å². The molecule has 0 saturated carbocycles. The van der Waals surface area contributed by atoms with E-state index < -0.39 is 10.0 Å². The van der Waals surface area contributed by atoms with Crippen molar-refractivity contribution in [3.05, 3.63) is 28.8 Å². The highest BCUT2D eigenvalue weighted by atomic mass is 35.5. The summed E-state index contributed by atoms with van der Waals surface area (Å²) in [6, 6.07) is 5.67. The van der Waals surface area contributed by atoms with Crippen molar-refractivity contribution < 1.29 is 8.42 Å². The standard InChI is InChI=1S/C12H16Cl2N2O2S/c1-19(17,18)16-7-5-15(6-8-16)12-4-2-3-11(14)10(12)9-13/h2-4H,5-9H2,1H3. The van der Waals surface area contributed by atoms with Crippen LogP contribution in [0, 0.1) is 0 Å². The van der Waals surface area contributed by atoms with Crippen LogP contribution in [0.25, 0.3) is 0 Å². The maximum absolute atomic E-state index is 11.5. The molecular formula is C12H16Cl2N2O2S. The Bertz CT molecular complexity index is 555. The van der Waals surface area contributed by atoms with Crippen LogP contribution >= 0.6 is 23.2 Å². The monoisotopic (exact) mass is 322 g/mol. The summed E-state index contributed by atoms with van der Waals surface area (Å²) in [5.74, 6) is 0.349. The molecule has 0 aliphatic carbocycles. The average molecular weight is 323 g/mol. The molecule has 0 N–H and O–H groups in total. The van der Waals surface area contributed by atoms with Crippen LogP contribution in [0.5, 0.6) is 0 Å². The smallest absolute Gasteiger partial charge is 0.211 e. The Morgan fingerprint density at radius 1 is 1.21 bits per heavy atom. The normalized spacial score (nSPS) is 17.7. The van der Waals surface area contributed by atoms with Gasteiger partial charge in [0.2, 0.25) is 10.0 Å². The van der Waals surface area contributed by atoms with Crippen molar-refractivity contribution in [2.75, 3.05) is 37.3 Å². The molecule has 4 nitrogen and oxygen atoms in total. The zero-order chi connectivity index (χ0) is 14.0. The SMILES string of the molecule is CS(=O)(=O)N1CCN(c2cccc(Cl)c2CCl)CC1. The average Bonchev–Trinajstić information content (AvgIpc) is 2.37. The topological polar surface area (TPSA) is 40.6 Å². The van der Waals surface area contributed by atoms with Gasteiger partial charge in [-0.2, -0.15) is 4.31 Å². The zero-order valence-electron chi connectivity index (χ0n) is 10.6. The Morgan fingerprint density at radius 2 is 1.84 bits per heavy atom. The molecule has 1 heterocycles. The third-order valence-electron chi connectivity index (χ3n) is 3.28. The van der Waals surface area contributed by atoms with E-state index >= 15 is 0 Å². The second-order valence-electron chi connectivity index (χ2n) is 4.52. The van der Waals surface area contributed by atoms with E-state index in [1.165, 1.54) is 10.6 Å². The Kier molecular flexibility index (Phi) is 4.61. The van der Waals surface area contributed by atoms with Crippen LogP contribution in [0.1, 0.15) is 5.56 Å². The first-order valence-corrected chi connectivity index (χ1v) is 8.73. The second kappa shape index (κ2) is 5.87. The predicted molar refractivity (Wildman–Crippen MR) is 79.6 cm³/mol. The van der Waals surface area contributed by atoms with E-state index in [0.29, 0.717) is 37.1 Å². The first kappa shape index (κ1) is 14.9. The van der Waals surface area contributed by atoms with Crippen molar-refractivity contribution in [1.82, 2.24) is 4.31 Å². The molecule has 0 aromatic heterocycles. The number of nitrogens with zero attached hydrogens (tertiary/aromatic N) is 2. The summed E-state index contributed by atoms with van der Waals surface area (Å²) in [7, 11) is -3.10. The van der Waals surface area contributed by atoms with Crippen molar-refractivity contribution in [2.24, 2.45) is 0 Å². The summed E-state index contributed by atoms with van der Waals surface area (Å²) in [5.41, 5.74) is 1.90. The van der Waals surface area contributed by atoms with E-state index in [-0.39, 0.29) is 0 Å². The molecule has 1 saturated heterocycles. The number of anilines is 1. The molecule has 0 atom stereocenters. The van der Waals surface area contributed by atoms with Gasteiger partial charge in [-0.25, -0.2) is 8.42 Å². The van der Waals surface area contributed by atoms with Gasteiger partial charge in [0.15, 0.2) is 0 Å². The van der Waals surface area contributed by atoms with Gasteiger partial charge in [0, 0.05) is 42.5 Å². The number of sulfonamides is 1. The molecule has 1 aliphatic rings. The minimum absolute atomic E-state index is 0.349. The van der Waals surface area contributed by atoms with Crippen LogP contribution in [0.2, 0.25) is 5.02 Å². The minimum atomic E-state index is -3.10. The summed E-state index contributed by atoms with van der Waals surface area (Å²) < 4.78 is 24.4. The van der Waals surface area contributed by atoms with Gasteiger partial charge in [-0.1, -0.05) is 17.7 Å². The van der Waals surface area contributed by atoms with Gasteiger partial charge >= 0.3 is 0 Å². The lowest BCUT2D eigenvalue weighted by molar-refractivity contribution is 0.388. The van der Waals surface area contributed by atoms with Crippen molar-refractivity contribution in [1.29, 1.82) is 0 Å². The van der Waals surface area contributed by atoms with Crippen LogP contribution in [0.3, 0.4) is 0 Å². The van der Waals surface area contributed by atoms with Gasteiger partial charge in [-0.15, -0.1) is 11.6 Å². The molecule has 0 amide bonds. The van der Waals surface area contributed by atoms with Crippen molar-refractivity contribution >= 4 is 38.9 Å². The molecule has 1 fully saturated rings. The van der Waals surface area contributed by atoms with Gasteiger partial charge in [0.05, 0.1) is 12.1 Å². The van der Waals surface area contributed by atoms with Crippen molar-refractivity contribution in [3.8, 4) is 0 Å². The predicted octanol–water partition coefficient (Wildman–Crippen LogP) is 2.16. The number of benzene rings is 1. The number of piperazine rings is 1. The molecule has 19 heavy (non-hydrogen) atoms. The fourth-order valence-corrected chi connectivity index (χ4v) is 3.65. The third kappa shape index (κ3) is 3.34. The summed E-state index contributed by atoms with van der Waals surface area (Å²) in [6.07, 6.45) is 1.24. The number of hydrogen-bond donors (Lipinski definition) is 0. The molecule has 0 bridgehead atoms. The zero-order valence-corrected chi connectivity index (χ0v) is 13.0. The largest absolute Gasteiger partial charge is 0.369 e. The van der Waals surface area contributed by atoms with Gasteiger partial charge < -0.3 is 4.90 Å². The van der Waals surface area contributed by atoms with Gasteiger partial charge in [-0.05, 0) is 12.1 Å². The number of hydrogen-bond acceptors (Lipinski definition) is 3. The molecule has 0 radical (unpaired) electrons. The second-order valence-corrected chi connectivity index (χ2v) is 7.18. The first-order valence-electron chi connectivity index (χ1n) is 5.97. The molecule has 1 aliphatic heterocycles. The number of halogens is 2. The minimum Gasteiger partial charge on any atom is -0.369 e. The highest BCUT2D eigenvalue weighted by Crippen LogP contribution is 2.29. The molecule has 1 aromatic rings. The maximum atomic E-state index is 11.5. The van der Waals surface area contributed by atoms with Crippen LogP contribution in [0.4, 0.5) is 5.69 Å². The number of rotatable bonds is 3.